The van der Waals surface area contributed by atoms with Gasteiger partial charge in [0.25, 0.3) is 0 Å². The summed E-state index contributed by atoms with van der Waals surface area (Å²) in [6.45, 7) is 11.7. The van der Waals surface area contributed by atoms with E-state index in [1.165, 1.54) is 51.4 Å². The average molecular weight is 377 g/mol. The highest BCUT2D eigenvalue weighted by Gasteiger charge is 2.21. The molecular weight excluding hydrogens is 336 g/mol. The monoisotopic (exact) mass is 376 g/mol. The molecule has 22 heavy (non-hydrogen) atoms. The molecule has 3 unspecified atom stereocenters. The van der Waals surface area contributed by atoms with Gasteiger partial charge < -0.3 is 4.74 Å². The van der Waals surface area contributed by atoms with Crippen LogP contribution in [0, 0.1) is 17.8 Å². The summed E-state index contributed by atoms with van der Waals surface area (Å²) in [6, 6.07) is 0. The van der Waals surface area contributed by atoms with E-state index in [4.69, 9.17) is 4.74 Å². The Morgan fingerprint density at radius 2 is 1.27 bits per heavy atom. The molecule has 0 N–H and O–H groups in total. The van der Waals surface area contributed by atoms with Crippen LogP contribution < -0.4 is 0 Å². The van der Waals surface area contributed by atoms with Crippen LogP contribution in [-0.2, 0) is 4.74 Å². The van der Waals surface area contributed by atoms with Crippen molar-refractivity contribution in [3.63, 3.8) is 0 Å². The first-order chi connectivity index (χ1) is 10.3. The third-order valence-corrected chi connectivity index (χ3v) is 6.24. The highest BCUT2D eigenvalue weighted by molar-refractivity contribution is 9.09. The Morgan fingerprint density at radius 1 is 0.818 bits per heavy atom. The van der Waals surface area contributed by atoms with Gasteiger partial charge in [0, 0.05) is 12.4 Å². The maximum atomic E-state index is 5.59. The van der Waals surface area contributed by atoms with Crippen LogP contribution in [-0.4, -0.2) is 18.0 Å². The molecule has 0 saturated carbocycles. The van der Waals surface area contributed by atoms with Crippen molar-refractivity contribution >= 4 is 15.9 Å². The summed E-state index contributed by atoms with van der Waals surface area (Å²) in [5.74, 6) is 2.64. The van der Waals surface area contributed by atoms with Gasteiger partial charge in [-0.15, -0.1) is 0 Å². The van der Waals surface area contributed by atoms with Gasteiger partial charge in [-0.2, -0.15) is 0 Å². The van der Waals surface area contributed by atoms with E-state index in [0.29, 0.717) is 0 Å². The van der Waals surface area contributed by atoms with Gasteiger partial charge in [0.05, 0.1) is 5.60 Å². The molecule has 0 aliphatic heterocycles. The summed E-state index contributed by atoms with van der Waals surface area (Å²) in [7, 11) is 1.82. The Bertz CT molecular complexity index is 248. The molecule has 0 amide bonds. The van der Waals surface area contributed by atoms with Crippen LogP contribution >= 0.6 is 15.9 Å². The third-order valence-electron chi connectivity index (χ3n) is 5.05. The molecule has 0 aliphatic rings. The molecule has 0 heterocycles. The van der Waals surface area contributed by atoms with Gasteiger partial charge in [-0.1, -0.05) is 95.0 Å². The molecule has 1 nitrogen and oxygen atoms in total. The molecule has 2 heteroatoms. The predicted molar refractivity (Wildman–Crippen MR) is 104 cm³/mol. The normalized spacial score (nSPS) is 17.5. The van der Waals surface area contributed by atoms with Gasteiger partial charge in [-0.25, -0.2) is 0 Å². The van der Waals surface area contributed by atoms with Crippen molar-refractivity contribution in [2.24, 2.45) is 17.8 Å². The SMILES string of the molecule is COC(C)(CBr)CCCC(C)CCCC(C)CCCC(C)C. The lowest BCUT2D eigenvalue weighted by atomic mass is 9.90. The average Bonchev–Trinajstić information content (AvgIpc) is 2.46. The zero-order valence-electron chi connectivity index (χ0n) is 16.1. The first-order valence-corrected chi connectivity index (χ1v) is 10.6. The zero-order chi connectivity index (χ0) is 17.0. The molecule has 0 aromatic rings. The molecule has 0 aromatic heterocycles. The largest absolute Gasteiger partial charge is 0.378 e. The molecule has 0 aromatic carbocycles. The van der Waals surface area contributed by atoms with E-state index < -0.39 is 0 Å². The van der Waals surface area contributed by atoms with E-state index in [-0.39, 0.29) is 5.60 Å². The fraction of sp³-hybridized carbons (Fsp3) is 1.00. The second kappa shape index (κ2) is 12.8. The van der Waals surface area contributed by atoms with E-state index in [2.05, 4.69) is 50.5 Å². The lowest BCUT2D eigenvalue weighted by Crippen LogP contribution is -2.29. The van der Waals surface area contributed by atoms with E-state index >= 15 is 0 Å². The zero-order valence-corrected chi connectivity index (χ0v) is 17.7. The predicted octanol–water partition coefficient (Wildman–Crippen LogP) is 7.23. The molecule has 0 aliphatic carbocycles. The summed E-state index contributed by atoms with van der Waals surface area (Å²) >= 11 is 3.56. The minimum atomic E-state index is 0.0185. The first kappa shape index (κ1) is 22.4. The van der Waals surface area contributed by atoms with Gasteiger partial charge in [0.2, 0.25) is 0 Å². The summed E-state index contributed by atoms with van der Waals surface area (Å²) in [5.41, 5.74) is 0.0185. The molecule has 0 spiro atoms. The second-order valence-electron chi connectivity index (χ2n) is 8.15. The highest BCUT2D eigenvalue weighted by atomic mass is 79.9. The molecule has 0 fully saturated rings. The maximum absolute atomic E-state index is 5.59. The van der Waals surface area contributed by atoms with E-state index in [1.54, 1.807) is 0 Å². The van der Waals surface area contributed by atoms with Gasteiger partial charge in [-0.3, -0.25) is 0 Å². The number of ether oxygens (including phenoxy) is 1. The molecular formula is C20H41BrO. The molecule has 0 saturated heterocycles. The van der Waals surface area contributed by atoms with Crippen LogP contribution in [0.25, 0.3) is 0 Å². The van der Waals surface area contributed by atoms with Crippen molar-refractivity contribution in [1.82, 2.24) is 0 Å². The lowest BCUT2D eigenvalue weighted by molar-refractivity contribution is 0.0180. The Balaban J connectivity index is 3.62. The maximum Gasteiger partial charge on any atom is 0.0747 e. The Kier molecular flexibility index (Phi) is 13.1. The number of rotatable bonds is 14. The molecule has 3 atom stereocenters. The number of alkyl halides is 1. The molecule has 0 radical (unpaired) electrons. The van der Waals surface area contributed by atoms with E-state index in [0.717, 1.165) is 29.5 Å². The number of hydrogen-bond acceptors (Lipinski definition) is 1. The fourth-order valence-corrected chi connectivity index (χ4v) is 3.54. The van der Waals surface area contributed by atoms with Gasteiger partial charge in [0.1, 0.15) is 0 Å². The van der Waals surface area contributed by atoms with Crippen LogP contribution in [0.1, 0.15) is 92.4 Å². The summed E-state index contributed by atoms with van der Waals surface area (Å²) in [4.78, 5) is 0. The molecule has 134 valence electrons. The summed E-state index contributed by atoms with van der Waals surface area (Å²) in [5, 5.41) is 0.929. The first-order valence-electron chi connectivity index (χ1n) is 9.44. The number of halogens is 1. The van der Waals surface area contributed by atoms with Crippen LogP contribution in [0.15, 0.2) is 0 Å². The number of hydrogen-bond donors (Lipinski definition) is 0. The van der Waals surface area contributed by atoms with Crippen molar-refractivity contribution in [2.45, 2.75) is 98.0 Å². The third kappa shape index (κ3) is 11.9. The highest BCUT2D eigenvalue weighted by Crippen LogP contribution is 2.25. The topological polar surface area (TPSA) is 9.23 Å². The van der Waals surface area contributed by atoms with Crippen molar-refractivity contribution in [1.29, 1.82) is 0 Å². The second-order valence-corrected chi connectivity index (χ2v) is 8.71. The number of methoxy groups -OCH3 is 1. The van der Waals surface area contributed by atoms with Crippen LogP contribution in [0.2, 0.25) is 0 Å². The Hall–Kier alpha value is 0.440. The van der Waals surface area contributed by atoms with Gasteiger partial charge in [0.15, 0.2) is 0 Å². The minimum absolute atomic E-state index is 0.0185. The fourth-order valence-electron chi connectivity index (χ4n) is 3.03. The standard InChI is InChI=1S/C20H41BrO/c1-17(2)10-7-11-18(3)12-8-13-19(4)14-9-15-20(5,16-21)22-6/h17-19H,7-16H2,1-6H3. The van der Waals surface area contributed by atoms with Crippen LogP contribution in [0.5, 0.6) is 0 Å². The van der Waals surface area contributed by atoms with Crippen molar-refractivity contribution in [2.75, 3.05) is 12.4 Å². The molecule has 0 rings (SSSR count). The van der Waals surface area contributed by atoms with E-state index in [9.17, 15) is 0 Å². The van der Waals surface area contributed by atoms with Gasteiger partial charge >= 0.3 is 0 Å². The van der Waals surface area contributed by atoms with Gasteiger partial charge in [-0.05, 0) is 31.1 Å². The lowest BCUT2D eigenvalue weighted by Gasteiger charge is -2.26. The summed E-state index contributed by atoms with van der Waals surface area (Å²) in [6.07, 6.45) is 12.2. The van der Waals surface area contributed by atoms with E-state index in [1.807, 2.05) is 7.11 Å². The van der Waals surface area contributed by atoms with Crippen molar-refractivity contribution < 1.29 is 4.74 Å². The quantitative estimate of drug-likeness (QED) is 0.290. The van der Waals surface area contributed by atoms with Crippen LogP contribution in [0.4, 0.5) is 0 Å². The smallest absolute Gasteiger partial charge is 0.0747 e. The molecule has 0 bridgehead atoms. The van der Waals surface area contributed by atoms with Crippen LogP contribution in [0.3, 0.4) is 0 Å². The van der Waals surface area contributed by atoms with Crippen molar-refractivity contribution in [3.8, 4) is 0 Å². The van der Waals surface area contributed by atoms with Crippen molar-refractivity contribution in [3.05, 3.63) is 0 Å². The Labute approximate surface area is 149 Å². The Morgan fingerprint density at radius 3 is 1.68 bits per heavy atom. The minimum Gasteiger partial charge on any atom is -0.378 e. The summed E-state index contributed by atoms with van der Waals surface area (Å²) < 4.78 is 5.59.